The van der Waals surface area contributed by atoms with Gasteiger partial charge in [0.1, 0.15) is 0 Å². The van der Waals surface area contributed by atoms with Gasteiger partial charge in [0, 0.05) is 23.6 Å². The second-order valence-electron chi connectivity index (χ2n) is 7.61. The van der Waals surface area contributed by atoms with Crippen LogP contribution in [0.4, 0.5) is 0 Å². The van der Waals surface area contributed by atoms with E-state index in [1.807, 2.05) is 28.8 Å². The van der Waals surface area contributed by atoms with Gasteiger partial charge in [-0.3, -0.25) is 4.79 Å². The molecule has 0 radical (unpaired) electrons. The number of aliphatic hydroxyl groups is 1. The lowest BCUT2D eigenvalue weighted by molar-refractivity contribution is 0.0601. The minimum Gasteiger partial charge on any atom is -0.465 e. The summed E-state index contributed by atoms with van der Waals surface area (Å²) in [7, 11) is 1.36. The van der Waals surface area contributed by atoms with Crippen molar-refractivity contribution >= 4 is 16.9 Å². The summed E-state index contributed by atoms with van der Waals surface area (Å²) in [6, 6.07) is 9.20. The lowest BCUT2D eigenvalue weighted by atomic mass is 9.82. The van der Waals surface area contributed by atoms with Gasteiger partial charge in [-0.15, -0.1) is 0 Å². The Morgan fingerprint density at radius 2 is 2.03 bits per heavy atom. The fourth-order valence-electron chi connectivity index (χ4n) is 4.66. The van der Waals surface area contributed by atoms with Crippen LogP contribution in [0.15, 0.2) is 41.3 Å². The lowest BCUT2D eigenvalue weighted by Gasteiger charge is -2.23. The molecule has 152 valence electrons. The zero-order chi connectivity index (χ0) is 20.4. The molecule has 1 aliphatic rings. The molecule has 0 saturated heterocycles. The van der Waals surface area contributed by atoms with Gasteiger partial charge in [-0.1, -0.05) is 25.3 Å². The summed E-state index contributed by atoms with van der Waals surface area (Å²) in [5.41, 5.74) is 3.75. The Morgan fingerprint density at radius 1 is 1.24 bits per heavy atom. The van der Waals surface area contributed by atoms with Crippen LogP contribution < -0.4 is 5.56 Å². The number of carbonyl (C=O) groups is 1. The maximum absolute atomic E-state index is 12.7. The molecule has 0 amide bonds. The number of fused-ring (bicyclic) bond motifs is 1. The number of nitrogens with zero attached hydrogens (tertiary/aromatic N) is 1. The number of aromatic nitrogens is 2. The minimum atomic E-state index is -0.401. The molecule has 0 bridgehead atoms. The molecule has 1 saturated carbocycles. The summed E-state index contributed by atoms with van der Waals surface area (Å²) in [4.78, 5) is 27.6. The van der Waals surface area contributed by atoms with Crippen LogP contribution in [0.25, 0.3) is 22.2 Å². The summed E-state index contributed by atoms with van der Waals surface area (Å²) in [5, 5.41) is 10.8. The van der Waals surface area contributed by atoms with Crippen molar-refractivity contribution in [2.45, 2.75) is 44.6 Å². The van der Waals surface area contributed by atoms with Crippen LogP contribution in [-0.2, 0) is 11.3 Å². The van der Waals surface area contributed by atoms with Gasteiger partial charge >= 0.3 is 5.97 Å². The minimum absolute atomic E-state index is 0.0614. The molecule has 0 aliphatic heterocycles. The molecule has 1 fully saturated rings. The zero-order valence-corrected chi connectivity index (χ0v) is 16.6. The monoisotopic (exact) mass is 394 g/mol. The predicted octanol–water partition coefficient (Wildman–Crippen LogP) is 3.82. The van der Waals surface area contributed by atoms with E-state index in [1.54, 1.807) is 12.3 Å². The first-order chi connectivity index (χ1) is 14.2. The Morgan fingerprint density at radius 3 is 2.72 bits per heavy atom. The quantitative estimate of drug-likeness (QED) is 0.644. The molecular weight excluding hydrogens is 368 g/mol. The SMILES string of the molecule is COC(=O)c1ccc2c(C3CCCCC3)c(-c3ccc[nH]c3=O)n(CCO)c2c1. The molecule has 3 aromatic rings. The Labute approximate surface area is 169 Å². The van der Waals surface area contributed by atoms with Crippen LogP contribution in [-0.4, -0.2) is 34.3 Å². The van der Waals surface area contributed by atoms with Crippen molar-refractivity contribution in [3.63, 3.8) is 0 Å². The topological polar surface area (TPSA) is 84.3 Å². The first-order valence-electron chi connectivity index (χ1n) is 10.2. The van der Waals surface area contributed by atoms with Gasteiger partial charge in [0.25, 0.3) is 5.56 Å². The number of pyridine rings is 1. The second kappa shape index (κ2) is 8.25. The number of aliphatic hydroxyl groups excluding tert-OH is 1. The zero-order valence-electron chi connectivity index (χ0n) is 16.6. The van der Waals surface area contributed by atoms with Crippen molar-refractivity contribution < 1.29 is 14.6 Å². The number of methoxy groups -OCH3 is 1. The summed E-state index contributed by atoms with van der Waals surface area (Å²) in [6.07, 6.45) is 7.35. The Hall–Kier alpha value is -2.86. The van der Waals surface area contributed by atoms with Crippen LogP contribution in [0.1, 0.15) is 53.9 Å². The first kappa shape index (κ1) is 19.5. The molecule has 0 unspecified atom stereocenters. The van der Waals surface area contributed by atoms with E-state index < -0.39 is 5.97 Å². The van der Waals surface area contributed by atoms with E-state index in [0.29, 0.717) is 23.6 Å². The molecule has 6 nitrogen and oxygen atoms in total. The van der Waals surface area contributed by atoms with Crippen molar-refractivity contribution in [3.05, 3.63) is 58.0 Å². The van der Waals surface area contributed by atoms with E-state index in [0.717, 1.165) is 35.0 Å². The van der Waals surface area contributed by atoms with Crippen molar-refractivity contribution in [2.75, 3.05) is 13.7 Å². The van der Waals surface area contributed by atoms with Crippen LogP contribution in [0, 0.1) is 0 Å². The number of aromatic amines is 1. The third-order valence-corrected chi connectivity index (χ3v) is 5.94. The van der Waals surface area contributed by atoms with E-state index in [4.69, 9.17) is 4.74 Å². The maximum atomic E-state index is 12.7. The van der Waals surface area contributed by atoms with Gasteiger partial charge < -0.3 is 19.4 Å². The molecule has 0 atom stereocenters. The first-order valence-corrected chi connectivity index (χ1v) is 10.2. The average Bonchev–Trinajstić information content (AvgIpc) is 3.07. The van der Waals surface area contributed by atoms with Crippen LogP contribution >= 0.6 is 0 Å². The number of H-pyrrole nitrogens is 1. The highest BCUT2D eigenvalue weighted by molar-refractivity contribution is 5.98. The van der Waals surface area contributed by atoms with Crippen molar-refractivity contribution in [2.24, 2.45) is 0 Å². The molecule has 4 rings (SSSR count). The van der Waals surface area contributed by atoms with Crippen molar-refractivity contribution in [3.8, 4) is 11.3 Å². The number of nitrogens with one attached hydrogen (secondary N) is 1. The molecule has 2 heterocycles. The highest BCUT2D eigenvalue weighted by Crippen LogP contribution is 2.43. The smallest absolute Gasteiger partial charge is 0.337 e. The van der Waals surface area contributed by atoms with Gasteiger partial charge in [-0.2, -0.15) is 0 Å². The number of benzene rings is 1. The summed E-state index contributed by atoms with van der Waals surface area (Å²) in [5.74, 6) is -0.0493. The Kier molecular flexibility index (Phi) is 5.53. The highest BCUT2D eigenvalue weighted by Gasteiger charge is 2.27. The number of carbonyl (C=O) groups excluding carboxylic acids is 1. The van der Waals surface area contributed by atoms with Gasteiger partial charge in [0.2, 0.25) is 0 Å². The fraction of sp³-hybridized carbons (Fsp3) is 0.391. The fourth-order valence-corrected chi connectivity index (χ4v) is 4.66. The lowest BCUT2D eigenvalue weighted by Crippen LogP contribution is -2.14. The number of ether oxygens (including phenoxy) is 1. The number of hydrogen-bond acceptors (Lipinski definition) is 4. The van der Waals surface area contributed by atoms with E-state index in [-0.39, 0.29) is 12.2 Å². The Balaban J connectivity index is 2.06. The van der Waals surface area contributed by atoms with E-state index >= 15 is 0 Å². The van der Waals surface area contributed by atoms with Gasteiger partial charge in [-0.05, 0) is 48.6 Å². The summed E-state index contributed by atoms with van der Waals surface area (Å²) >= 11 is 0. The third-order valence-electron chi connectivity index (χ3n) is 5.94. The second-order valence-corrected chi connectivity index (χ2v) is 7.61. The van der Waals surface area contributed by atoms with Crippen LogP contribution in [0.3, 0.4) is 0 Å². The largest absolute Gasteiger partial charge is 0.465 e. The molecule has 2 aromatic heterocycles. The van der Waals surface area contributed by atoms with Gasteiger partial charge in [0.05, 0.1) is 30.5 Å². The van der Waals surface area contributed by atoms with Gasteiger partial charge in [0.15, 0.2) is 0 Å². The molecule has 6 heteroatoms. The highest BCUT2D eigenvalue weighted by atomic mass is 16.5. The number of hydrogen-bond donors (Lipinski definition) is 2. The van der Waals surface area contributed by atoms with Crippen molar-refractivity contribution in [1.29, 1.82) is 0 Å². The maximum Gasteiger partial charge on any atom is 0.337 e. The third kappa shape index (κ3) is 3.49. The normalized spacial score (nSPS) is 15.0. The predicted molar refractivity (Wildman–Crippen MR) is 112 cm³/mol. The molecular formula is C23H26N2O4. The van der Waals surface area contributed by atoms with Crippen LogP contribution in [0.2, 0.25) is 0 Å². The standard InChI is InChI=1S/C23H26N2O4/c1-29-23(28)16-9-10-17-19(14-16)25(12-13-26)21(18-8-5-11-24-22(18)27)20(17)15-6-3-2-4-7-15/h5,8-11,14-15,26H,2-4,6-7,12-13H2,1H3,(H,24,27). The van der Waals surface area contributed by atoms with Crippen LogP contribution in [0.5, 0.6) is 0 Å². The number of rotatable bonds is 5. The average molecular weight is 394 g/mol. The summed E-state index contributed by atoms with van der Waals surface area (Å²) < 4.78 is 6.87. The van der Waals surface area contributed by atoms with E-state index in [1.165, 1.54) is 26.4 Å². The van der Waals surface area contributed by atoms with E-state index in [2.05, 4.69) is 4.98 Å². The molecule has 1 aromatic carbocycles. The Bertz CT molecular complexity index is 1090. The molecule has 0 spiro atoms. The van der Waals surface area contributed by atoms with Crippen molar-refractivity contribution in [1.82, 2.24) is 9.55 Å². The van der Waals surface area contributed by atoms with E-state index in [9.17, 15) is 14.7 Å². The molecule has 29 heavy (non-hydrogen) atoms. The molecule has 1 aliphatic carbocycles. The molecule has 2 N–H and O–H groups in total. The van der Waals surface area contributed by atoms with Gasteiger partial charge in [-0.25, -0.2) is 4.79 Å². The number of esters is 1. The summed E-state index contributed by atoms with van der Waals surface area (Å²) in [6.45, 7) is 0.283.